The predicted octanol–water partition coefficient (Wildman–Crippen LogP) is 2.66. The van der Waals surface area contributed by atoms with Crippen molar-refractivity contribution in [2.24, 2.45) is 17.3 Å². The Balaban J connectivity index is 1.66. The van der Waals surface area contributed by atoms with Crippen molar-refractivity contribution in [3.63, 3.8) is 0 Å². The van der Waals surface area contributed by atoms with Crippen LogP contribution >= 0.6 is 0 Å². The number of hydrogen-bond donors (Lipinski definition) is 2. The van der Waals surface area contributed by atoms with Crippen LogP contribution in [0.4, 0.5) is 0 Å². The molecular formula is C14H25NO2. The summed E-state index contributed by atoms with van der Waals surface area (Å²) in [4.78, 5) is 10.9. The molecule has 0 amide bonds. The highest BCUT2D eigenvalue weighted by molar-refractivity contribution is 5.69. The molecule has 1 unspecified atom stereocenters. The Morgan fingerprint density at radius 1 is 1.35 bits per heavy atom. The Bertz CT molecular complexity index is 278. The van der Waals surface area contributed by atoms with E-state index in [4.69, 9.17) is 5.11 Å². The first kappa shape index (κ1) is 12.9. The number of nitrogens with one attached hydrogen (secondary N) is 1. The van der Waals surface area contributed by atoms with Gasteiger partial charge in [-0.3, -0.25) is 4.79 Å². The van der Waals surface area contributed by atoms with Crippen LogP contribution in [0.15, 0.2) is 0 Å². The molecule has 0 heterocycles. The quantitative estimate of drug-likeness (QED) is 0.775. The van der Waals surface area contributed by atoms with Crippen LogP contribution in [0.2, 0.25) is 0 Å². The van der Waals surface area contributed by atoms with Gasteiger partial charge in [-0.2, -0.15) is 0 Å². The topological polar surface area (TPSA) is 49.3 Å². The molecule has 3 nitrogen and oxygen atoms in total. The van der Waals surface area contributed by atoms with Crippen LogP contribution in [0.3, 0.4) is 0 Å². The molecule has 0 saturated heterocycles. The molecule has 17 heavy (non-hydrogen) atoms. The van der Waals surface area contributed by atoms with E-state index in [1.807, 2.05) is 0 Å². The summed E-state index contributed by atoms with van der Waals surface area (Å²) in [5, 5.41) is 12.6. The smallest absolute Gasteiger partial charge is 0.306 e. The summed E-state index contributed by atoms with van der Waals surface area (Å²) >= 11 is 0. The van der Waals surface area contributed by atoms with E-state index < -0.39 is 5.97 Å². The Kier molecular flexibility index (Phi) is 3.76. The molecule has 0 aromatic carbocycles. The second-order valence-electron chi connectivity index (χ2n) is 6.34. The number of rotatable bonds is 5. The normalized spacial score (nSPS) is 33.1. The fourth-order valence-corrected chi connectivity index (χ4v) is 2.83. The van der Waals surface area contributed by atoms with Crippen molar-refractivity contribution in [2.75, 3.05) is 6.54 Å². The Morgan fingerprint density at radius 3 is 2.41 bits per heavy atom. The summed E-state index contributed by atoms with van der Waals surface area (Å²) in [6, 6.07) is 0.611. The molecule has 98 valence electrons. The van der Waals surface area contributed by atoms with Crippen LogP contribution in [-0.4, -0.2) is 23.7 Å². The summed E-state index contributed by atoms with van der Waals surface area (Å²) in [7, 11) is 0. The average molecular weight is 239 g/mol. The SMILES string of the molecule is CC(NCC1CCC(C(=O)O)CC1)C1(C)CC1. The molecule has 0 bridgehead atoms. The molecule has 0 aliphatic heterocycles. The summed E-state index contributed by atoms with van der Waals surface area (Å²) in [5.74, 6) is 0.00953. The van der Waals surface area contributed by atoms with Gasteiger partial charge in [0.1, 0.15) is 0 Å². The second kappa shape index (κ2) is 4.97. The van der Waals surface area contributed by atoms with Crippen molar-refractivity contribution < 1.29 is 9.90 Å². The summed E-state index contributed by atoms with van der Waals surface area (Å²) in [6.07, 6.45) is 6.60. The lowest BCUT2D eigenvalue weighted by atomic mass is 9.82. The molecule has 3 heteroatoms. The number of carbonyl (C=O) groups is 1. The zero-order valence-electron chi connectivity index (χ0n) is 11.0. The van der Waals surface area contributed by atoms with Crippen molar-refractivity contribution in [1.82, 2.24) is 5.32 Å². The molecule has 2 fully saturated rings. The summed E-state index contributed by atoms with van der Waals surface area (Å²) in [6.45, 7) is 5.71. The first-order valence-electron chi connectivity index (χ1n) is 6.97. The number of hydrogen-bond acceptors (Lipinski definition) is 2. The molecule has 0 spiro atoms. The number of carboxylic acid groups (broad SMARTS) is 1. The Morgan fingerprint density at radius 2 is 1.94 bits per heavy atom. The van der Waals surface area contributed by atoms with Crippen molar-refractivity contribution in [2.45, 2.75) is 58.4 Å². The molecule has 0 aromatic rings. The van der Waals surface area contributed by atoms with Gasteiger partial charge >= 0.3 is 5.97 Å². The van der Waals surface area contributed by atoms with Gasteiger partial charge in [0, 0.05) is 6.04 Å². The molecule has 2 N–H and O–H groups in total. The predicted molar refractivity (Wildman–Crippen MR) is 67.9 cm³/mol. The molecule has 2 rings (SSSR count). The van der Waals surface area contributed by atoms with Gasteiger partial charge in [0.15, 0.2) is 0 Å². The van der Waals surface area contributed by atoms with E-state index in [0.717, 1.165) is 32.2 Å². The van der Waals surface area contributed by atoms with Crippen molar-refractivity contribution in [1.29, 1.82) is 0 Å². The lowest BCUT2D eigenvalue weighted by molar-refractivity contribution is -0.143. The summed E-state index contributed by atoms with van der Waals surface area (Å²) < 4.78 is 0. The highest BCUT2D eigenvalue weighted by Crippen LogP contribution is 2.48. The van der Waals surface area contributed by atoms with Gasteiger partial charge in [-0.15, -0.1) is 0 Å². The zero-order valence-corrected chi connectivity index (χ0v) is 11.0. The Labute approximate surface area is 104 Å². The van der Waals surface area contributed by atoms with E-state index in [1.54, 1.807) is 0 Å². The first-order valence-corrected chi connectivity index (χ1v) is 6.97. The van der Waals surface area contributed by atoms with Crippen LogP contribution in [0.25, 0.3) is 0 Å². The van der Waals surface area contributed by atoms with Gasteiger partial charge in [-0.05, 0) is 63.3 Å². The van der Waals surface area contributed by atoms with Crippen LogP contribution in [0.1, 0.15) is 52.4 Å². The molecule has 1 atom stereocenters. The van der Waals surface area contributed by atoms with Gasteiger partial charge in [-0.25, -0.2) is 0 Å². The molecular weight excluding hydrogens is 214 g/mol. The van der Waals surface area contributed by atoms with Crippen molar-refractivity contribution >= 4 is 5.97 Å². The molecule has 0 radical (unpaired) electrons. The van der Waals surface area contributed by atoms with E-state index in [0.29, 0.717) is 17.4 Å². The van der Waals surface area contributed by atoms with Crippen molar-refractivity contribution in [3.05, 3.63) is 0 Å². The fourth-order valence-electron chi connectivity index (χ4n) is 2.83. The zero-order chi connectivity index (χ0) is 12.5. The van der Waals surface area contributed by atoms with E-state index in [2.05, 4.69) is 19.2 Å². The van der Waals surface area contributed by atoms with Crippen LogP contribution in [-0.2, 0) is 4.79 Å². The van der Waals surface area contributed by atoms with Gasteiger partial charge in [-0.1, -0.05) is 6.92 Å². The largest absolute Gasteiger partial charge is 0.481 e. The maximum atomic E-state index is 10.9. The monoisotopic (exact) mass is 239 g/mol. The average Bonchev–Trinajstić information content (AvgIpc) is 3.06. The fraction of sp³-hybridized carbons (Fsp3) is 0.929. The minimum Gasteiger partial charge on any atom is -0.481 e. The highest BCUT2D eigenvalue weighted by Gasteiger charge is 2.42. The van der Waals surface area contributed by atoms with Gasteiger partial charge < -0.3 is 10.4 Å². The van der Waals surface area contributed by atoms with Crippen molar-refractivity contribution in [3.8, 4) is 0 Å². The lowest BCUT2D eigenvalue weighted by Crippen LogP contribution is -2.38. The third-order valence-corrected chi connectivity index (χ3v) is 4.99. The Hall–Kier alpha value is -0.570. The minimum atomic E-state index is -0.602. The number of aliphatic carboxylic acids is 1. The van der Waals surface area contributed by atoms with Gasteiger partial charge in [0.05, 0.1) is 5.92 Å². The van der Waals surface area contributed by atoms with E-state index in [1.165, 1.54) is 12.8 Å². The second-order valence-corrected chi connectivity index (χ2v) is 6.34. The van der Waals surface area contributed by atoms with Gasteiger partial charge in [0.25, 0.3) is 0 Å². The van der Waals surface area contributed by atoms with E-state index >= 15 is 0 Å². The van der Waals surface area contributed by atoms with E-state index in [-0.39, 0.29) is 5.92 Å². The highest BCUT2D eigenvalue weighted by atomic mass is 16.4. The molecule has 2 aliphatic carbocycles. The third-order valence-electron chi connectivity index (χ3n) is 4.99. The van der Waals surface area contributed by atoms with Gasteiger partial charge in [0.2, 0.25) is 0 Å². The lowest BCUT2D eigenvalue weighted by Gasteiger charge is -2.29. The molecule has 2 aliphatic rings. The summed E-state index contributed by atoms with van der Waals surface area (Å²) in [5.41, 5.74) is 0.540. The maximum Gasteiger partial charge on any atom is 0.306 e. The van der Waals surface area contributed by atoms with Crippen LogP contribution < -0.4 is 5.32 Å². The van der Waals surface area contributed by atoms with E-state index in [9.17, 15) is 4.79 Å². The maximum absolute atomic E-state index is 10.9. The standard InChI is InChI=1S/C14H25NO2/c1-10(14(2)7-8-14)15-9-11-3-5-12(6-4-11)13(16)17/h10-12,15H,3-9H2,1-2H3,(H,16,17). The number of carboxylic acids is 1. The molecule has 0 aromatic heterocycles. The first-order chi connectivity index (χ1) is 8.01. The van der Waals surface area contributed by atoms with Crippen LogP contribution in [0.5, 0.6) is 0 Å². The minimum absolute atomic E-state index is 0.0791. The third kappa shape index (κ3) is 3.21. The molecule has 2 saturated carbocycles. The van der Waals surface area contributed by atoms with Crippen LogP contribution in [0, 0.1) is 17.3 Å².